The summed E-state index contributed by atoms with van der Waals surface area (Å²) in [4.78, 5) is 25.5. The lowest BCUT2D eigenvalue weighted by molar-refractivity contribution is -0.161. The van der Waals surface area contributed by atoms with Gasteiger partial charge >= 0.3 is 0 Å². The third-order valence-electron chi connectivity index (χ3n) is 1.29. The molecule has 0 N–H and O–H groups in total. The maximum Gasteiger partial charge on any atom is 0.248 e. The minimum absolute atomic E-state index is 0.0261. The van der Waals surface area contributed by atoms with E-state index in [0.717, 1.165) is 6.29 Å². The number of hydrogen-bond acceptors (Lipinski definition) is 3. The normalized spacial score (nSPS) is 18.0. The third-order valence-corrected chi connectivity index (χ3v) is 1.29. The van der Waals surface area contributed by atoms with Crippen molar-refractivity contribution in [2.75, 3.05) is 13.2 Å². The first-order valence-electron chi connectivity index (χ1n) is 3.21. The van der Waals surface area contributed by atoms with Gasteiger partial charge in [-0.05, 0) is 0 Å². The minimum atomic E-state index is -0.0261. The summed E-state index contributed by atoms with van der Waals surface area (Å²) in [6.45, 7) is 0.847. The van der Waals surface area contributed by atoms with Crippen molar-refractivity contribution in [2.24, 2.45) is 0 Å². The Morgan fingerprint density at radius 3 is 3.00 bits per heavy atom. The molecule has 0 bridgehead atoms. The quantitative estimate of drug-likeness (QED) is 0.511. The van der Waals surface area contributed by atoms with Crippen LogP contribution in [0.3, 0.4) is 0 Å². The predicted molar refractivity (Wildman–Crippen MR) is 33.0 cm³/mol. The maximum atomic E-state index is 10.8. The number of carbonyl (C=O) groups excluding carboxylic acids is 2. The lowest BCUT2D eigenvalue weighted by atomic mass is 10.4. The molecule has 1 saturated heterocycles. The predicted octanol–water partition coefficient (Wildman–Crippen LogP) is -0.261. The fourth-order valence-corrected chi connectivity index (χ4v) is 0.799. The molecule has 0 aromatic carbocycles. The first-order valence-corrected chi connectivity index (χ1v) is 3.21. The molecule has 4 heteroatoms. The molecule has 1 aliphatic rings. The molecular formula is C6H9NO3. The highest BCUT2D eigenvalue weighted by atomic mass is 16.7. The number of hydroxylamine groups is 2. The molecule has 1 aliphatic heterocycles. The largest absolute Gasteiger partial charge is 0.303 e. The molecule has 0 unspecified atom stereocenters. The average Bonchev–Trinajstić information content (AvgIpc) is 2.31. The summed E-state index contributed by atoms with van der Waals surface area (Å²) in [7, 11) is 0. The highest BCUT2D eigenvalue weighted by Crippen LogP contribution is 2.05. The number of rotatable bonds is 3. The van der Waals surface area contributed by atoms with Gasteiger partial charge in [-0.2, -0.15) is 0 Å². The summed E-state index contributed by atoms with van der Waals surface area (Å²) in [5.74, 6) is -0.0261. The number of aldehydes is 1. The molecule has 1 fully saturated rings. The molecule has 10 heavy (non-hydrogen) atoms. The molecule has 1 rings (SSSR count). The van der Waals surface area contributed by atoms with E-state index in [-0.39, 0.29) is 5.91 Å². The van der Waals surface area contributed by atoms with Gasteiger partial charge in [0.25, 0.3) is 0 Å². The van der Waals surface area contributed by atoms with Crippen molar-refractivity contribution in [3.05, 3.63) is 0 Å². The summed E-state index contributed by atoms with van der Waals surface area (Å²) in [5, 5.41) is 1.24. The molecule has 56 valence electrons. The Balaban J connectivity index is 2.26. The second-order valence-corrected chi connectivity index (χ2v) is 2.03. The zero-order chi connectivity index (χ0) is 7.40. The van der Waals surface area contributed by atoms with Crippen molar-refractivity contribution in [1.82, 2.24) is 5.06 Å². The molecule has 0 radical (unpaired) electrons. The topological polar surface area (TPSA) is 46.6 Å². The Hall–Kier alpha value is -0.900. The van der Waals surface area contributed by atoms with Gasteiger partial charge in [-0.1, -0.05) is 0 Å². The van der Waals surface area contributed by atoms with Crippen LogP contribution < -0.4 is 0 Å². The highest BCUT2D eigenvalue weighted by Gasteiger charge is 2.20. The molecule has 0 saturated carbocycles. The standard InChI is InChI=1S/C6H9NO3/c8-4-1-3-7-6(9)2-5-10-7/h4H,1-3,5H2. The van der Waals surface area contributed by atoms with Crippen molar-refractivity contribution in [1.29, 1.82) is 0 Å². The van der Waals surface area contributed by atoms with Gasteiger partial charge in [-0.15, -0.1) is 0 Å². The van der Waals surface area contributed by atoms with Crippen LogP contribution >= 0.6 is 0 Å². The second-order valence-electron chi connectivity index (χ2n) is 2.03. The van der Waals surface area contributed by atoms with Crippen molar-refractivity contribution in [2.45, 2.75) is 12.8 Å². The lowest BCUT2D eigenvalue weighted by Crippen LogP contribution is -2.24. The Morgan fingerprint density at radius 2 is 2.50 bits per heavy atom. The first-order chi connectivity index (χ1) is 4.84. The van der Waals surface area contributed by atoms with Gasteiger partial charge in [-0.25, -0.2) is 5.06 Å². The summed E-state index contributed by atoms with van der Waals surface area (Å²) in [6.07, 6.45) is 1.57. The third kappa shape index (κ3) is 1.54. The Morgan fingerprint density at radius 1 is 1.70 bits per heavy atom. The number of amides is 1. The van der Waals surface area contributed by atoms with E-state index in [1.165, 1.54) is 5.06 Å². The lowest BCUT2D eigenvalue weighted by Gasteiger charge is -2.10. The summed E-state index contributed by atoms with van der Waals surface area (Å²) < 4.78 is 0. The van der Waals surface area contributed by atoms with Gasteiger partial charge in [0.15, 0.2) is 0 Å². The van der Waals surface area contributed by atoms with E-state index in [1.54, 1.807) is 0 Å². The van der Waals surface area contributed by atoms with Crippen molar-refractivity contribution in [3.63, 3.8) is 0 Å². The SMILES string of the molecule is O=CCCN1OCCC1=O. The van der Waals surface area contributed by atoms with E-state index >= 15 is 0 Å². The molecule has 0 aliphatic carbocycles. The van der Waals surface area contributed by atoms with Gasteiger partial charge in [0.2, 0.25) is 5.91 Å². The number of carbonyl (C=O) groups is 2. The van der Waals surface area contributed by atoms with E-state index in [1.807, 2.05) is 0 Å². The van der Waals surface area contributed by atoms with Crippen LogP contribution in [0, 0.1) is 0 Å². The van der Waals surface area contributed by atoms with Crippen LogP contribution in [-0.2, 0) is 14.4 Å². The van der Waals surface area contributed by atoms with Crippen LogP contribution in [0.15, 0.2) is 0 Å². The van der Waals surface area contributed by atoms with Crippen molar-refractivity contribution in [3.8, 4) is 0 Å². The summed E-state index contributed by atoms with van der Waals surface area (Å²) >= 11 is 0. The molecular weight excluding hydrogens is 134 g/mol. The Bertz CT molecular complexity index is 146. The van der Waals surface area contributed by atoms with Crippen molar-refractivity contribution >= 4 is 12.2 Å². The molecule has 0 aromatic heterocycles. The highest BCUT2D eigenvalue weighted by molar-refractivity contribution is 5.76. The number of hydrogen-bond donors (Lipinski definition) is 0. The Kier molecular flexibility index (Phi) is 2.39. The van der Waals surface area contributed by atoms with Crippen LogP contribution in [0.4, 0.5) is 0 Å². The summed E-state index contributed by atoms with van der Waals surface area (Å²) in [5.41, 5.74) is 0. The fourth-order valence-electron chi connectivity index (χ4n) is 0.799. The van der Waals surface area contributed by atoms with Crippen LogP contribution in [0.25, 0.3) is 0 Å². The van der Waals surface area contributed by atoms with Crippen LogP contribution in [-0.4, -0.2) is 30.4 Å². The summed E-state index contributed by atoms with van der Waals surface area (Å²) in [6, 6.07) is 0. The smallest absolute Gasteiger partial charge is 0.248 e. The second kappa shape index (κ2) is 3.31. The van der Waals surface area contributed by atoms with Gasteiger partial charge in [-0.3, -0.25) is 9.63 Å². The zero-order valence-electron chi connectivity index (χ0n) is 5.58. The minimum Gasteiger partial charge on any atom is -0.303 e. The van der Waals surface area contributed by atoms with Gasteiger partial charge in [0, 0.05) is 6.42 Å². The molecule has 0 aromatic rings. The van der Waals surface area contributed by atoms with Crippen molar-refractivity contribution < 1.29 is 14.4 Å². The molecule has 1 heterocycles. The maximum absolute atomic E-state index is 10.8. The Labute approximate surface area is 58.7 Å². The molecule has 1 amide bonds. The van der Waals surface area contributed by atoms with Gasteiger partial charge < -0.3 is 4.79 Å². The average molecular weight is 143 g/mol. The molecule has 0 spiro atoms. The van der Waals surface area contributed by atoms with Crippen LogP contribution in [0.2, 0.25) is 0 Å². The van der Waals surface area contributed by atoms with E-state index in [9.17, 15) is 9.59 Å². The molecule has 0 atom stereocenters. The van der Waals surface area contributed by atoms with E-state index in [4.69, 9.17) is 4.84 Å². The molecule has 4 nitrogen and oxygen atoms in total. The van der Waals surface area contributed by atoms with Crippen LogP contribution in [0.1, 0.15) is 12.8 Å². The first kappa shape index (κ1) is 7.21. The fraction of sp³-hybridized carbons (Fsp3) is 0.667. The van der Waals surface area contributed by atoms with E-state index < -0.39 is 0 Å². The van der Waals surface area contributed by atoms with Gasteiger partial charge in [0.05, 0.1) is 19.6 Å². The van der Waals surface area contributed by atoms with Gasteiger partial charge in [0.1, 0.15) is 6.29 Å². The van der Waals surface area contributed by atoms with E-state index in [0.29, 0.717) is 26.0 Å². The zero-order valence-corrected chi connectivity index (χ0v) is 5.58. The van der Waals surface area contributed by atoms with E-state index in [2.05, 4.69) is 0 Å². The number of nitrogens with zero attached hydrogens (tertiary/aromatic N) is 1. The van der Waals surface area contributed by atoms with Crippen LogP contribution in [0.5, 0.6) is 0 Å². The monoisotopic (exact) mass is 143 g/mol.